The maximum Gasteiger partial charge on any atom is 0.132 e. The van der Waals surface area contributed by atoms with Crippen LogP contribution in [0.1, 0.15) is 147 Å². The van der Waals surface area contributed by atoms with Crippen LogP contribution in [0.4, 0.5) is 0 Å². The van der Waals surface area contributed by atoms with Crippen LogP contribution in [0.25, 0.3) is 0 Å². The monoisotopic (exact) mass is 416 g/mol. The van der Waals surface area contributed by atoms with E-state index in [0.29, 0.717) is 0 Å². The van der Waals surface area contributed by atoms with Gasteiger partial charge in [0.25, 0.3) is 0 Å². The number of hydrogen-bond donors (Lipinski definition) is 0. The van der Waals surface area contributed by atoms with Crippen LogP contribution in [-0.4, -0.2) is 15.0 Å². The highest BCUT2D eigenvalue weighted by Crippen LogP contribution is 2.13. The molecule has 0 unspecified atom stereocenters. The highest BCUT2D eigenvalue weighted by atomic mass is 15.0. The number of rotatable bonds is 21. The molecule has 173 valence electrons. The Hall–Kier alpha value is -0.990. The predicted molar refractivity (Wildman–Crippen MR) is 131 cm³/mol. The van der Waals surface area contributed by atoms with Crippen LogP contribution in [0.15, 0.2) is 0 Å². The topological polar surface area (TPSA) is 38.7 Å². The molecule has 1 aromatic rings. The normalized spacial score (nSPS) is 11.3. The fourth-order valence-electron chi connectivity index (χ4n) is 3.97. The molecule has 0 amide bonds. The van der Waals surface area contributed by atoms with Crippen molar-refractivity contribution in [3.63, 3.8) is 0 Å². The van der Waals surface area contributed by atoms with Crippen molar-refractivity contribution in [3.8, 4) is 0 Å². The standard InChI is InChI=1S/C27H50N3/c1-4-7-10-12-14-16-18-20-23-26-28-25(22-9-6-3)29-27(30-26)24-21-19-17-15-13-11-8-5-2/h3-24H2,1-2H3. The fourth-order valence-corrected chi connectivity index (χ4v) is 3.97. The largest absolute Gasteiger partial charge is 0.218 e. The molecule has 0 aliphatic rings. The first-order valence-electron chi connectivity index (χ1n) is 13.3. The van der Waals surface area contributed by atoms with Crippen molar-refractivity contribution in [1.82, 2.24) is 15.0 Å². The molecular weight excluding hydrogens is 366 g/mol. The van der Waals surface area contributed by atoms with Gasteiger partial charge in [0.2, 0.25) is 0 Å². The van der Waals surface area contributed by atoms with E-state index in [-0.39, 0.29) is 0 Å². The summed E-state index contributed by atoms with van der Waals surface area (Å²) in [6.07, 6.45) is 26.6. The number of hydrogen-bond acceptors (Lipinski definition) is 3. The lowest BCUT2D eigenvalue weighted by molar-refractivity contribution is 0.562. The van der Waals surface area contributed by atoms with Gasteiger partial charge < -0.3 is 0 Å². The van der Waals surface area contributed by atoms with Gasteiger partial charge in [0.05, 0.1) is 0 Å². The summed E-state index contributed by atoms with van der Waals surface area (Å²) >= 11 is 0. The Morgan fingerprint density at radius 1 is 0.433 bits per heavy atom. The molecule has 30 heavy (non-hydrogen) atoms. The van der Waals surface area contributed by atoms with Crippen molar-refractivity contribution in [2.24, 2.45) is 0 Å². The lowest BCUT2D eigenvalue weighted by Gasteiger charge is -2.08. The molecule has 0 aromatic carbocycles. The molecule has 0 bridgehead atoms. The maximum absolute atomic E-state index is 4.82. The Balaban J connectivity index is 2.34. The summed E-state index contributed by atoms with van der Waals surface area (Å²) in [5, 5.41) is 0. The van der Waals surface area contributed by atoms with Gasteiger partial charge in [-0.15, -0.1) is 0 Å². The first kappa shape index (κ1) is 27.0. The molecule has 0 atom stereocenters. The minimum atomic E-state index is 0.945. The molecule has 1 rings (SSSR count). The van der Waals surface area contributed by atoms with E-state index in [0.717, 1.165) is 49.6 Å². The average molecular weight is 417 g/mol. The van der Waals surface area contributed by atoms with Crippen molar-refractivity contribution < 1.29 is 0 Å². The SMILES string of the molecule is [CH2]CCCc1nc(CCCCCCCCCC)nc(CCCCCCCCCC)n1. The molecule has 0 saturated heterocycles. The van der Waals surface area contributed by atoms with Crippen LogP contribution in [0.2, 0.25) is 0 Å². The average Bonchev–Trinajstić information content (AvgIpc) is 2.76. The van der Waals surface area contributed by atoms with Gasteiger partial charge >= 0.3 is 0 Å². The number of aromatic nitrogens is 3. The van der Waals surface area contributed by atoms with Gasteiger partial charge in [-0.1, -0.05) is 117 Å². The smallest absolute Gasteiger partial charge is 0.132 e. The number of aryl methyl sites for hydroxylation is 3. The van der Waals surface area contributed by atoms with E-state index in [9.17, 15) is 0 Å². The Labute approximate surface area is 188 Å². The molecule has 0 N–H and O–H groups in total. The van der Waals surface area contributed by atoms with E-state index in [1.54, 1.807) is 0 Å². The second kappa shape index (κ2) is 19.9. The van der Waals surface area contributed by atoms with Crippen LogP contribution in [0.5, 0.6) is 0 Å². The molecule has 0 aliphatic heterocycles. The van der Waals surface area contributed by atoms with Gasteiger partial charge in [-0.2, -0.15) is 0 Å². The zero-order valence-corrected chi connectivity index (χ0v) is 20.4. The minimum absolute atomic E-state index is 0.945. The Morgan fingerprint density at radius 2 is 0.733 bits per heavy atom. The van der Waals surface area contributed by atoms with Crippen molar-refractivity contribution in [1.29, 1.82) is 0 Å². The van der Waals surface area contributed by atoms with E-state index in [4.69, 9.17) is 15.0 Å². The minimum Gasteiger partial charge on any atom is -0.218 e. The van der Waals surface area contributed by atoms with E-state index in [1.807, 2.05) is 0 Å². The third kappa shape index (κ3) is 14.9. The van der Waals surface area contributed by atoms with Gasteiger partial charge in [-0.25, -0.2) is 15.0 Å². The summed E-state index contributed by atoms with van der Waals surface area (Å²) in [7, 11) is 0. The van der Waals surface area contributed by atoms with Crippen LogP contribution in [0, 0.1) is 6.92 Å². The first-order valence-corrected chi connectivity index (χ1v) is 13.3. The van der Waals surface area contributed by atoms with Gasteiger partial charge in [-0.3, -0.25) is 0 Å². The lowest BCUT2D eigenvalue weighted by Crippen LogP contribution is -2.08. The quantitative estimate of drug-likeness (QED) is 0.189. The van der Waals surface area contributed by atoms with Gasteiger partial charge in [-0.05, 0) is 19.3 Å². The zero-order valence-electron chi connectivity index (χ0n) is 20.4. The summed E-state index contributed by atoms with van der Waals surface area (Å²) in [4.78, 5) is 14.4. The number of unbranched alkanes of at least 4 members (excludes halogenated alkanes) is 15. The van der Waals surface area contributed by atoms with E-state index in [2.05, 4.69) is 20.8 Å². The molecular formula is C27H50N3. The molecule has 0 aliphatic carbocycles. The van der Waals surface area contributed by atoms with E-state index < -0.39 is 0 Å². The van der Waals surface area contributed by atoms with Crippen molar-refractivity contribution in [3.05, 3.63) is 24.4 Å². The van der Waals surface area contributed by atoms with Gasteiger partial charge in [0, 0.05) is 19.3 Å². The molecule has 1 radical (unpaired) electrons. The molecule has 0 spiro atoms. The lowest BCUT2D eigenvalue weighted by atomic mass is 10.1. The van der Waals surface area contributed by atoms with Crippen molar-refractivity contribution in [2.75, 3.05) is 0 Å². The molecule has 3 heteroatoms. The van der Waals surface area contributed by atoms with Gasteiger partial charge in [0.15, 0.2) is 0 Å². The Kier molecular flexibility index (Phi) is 18.0. The molecule has 1 aromatic heterocycles. The fraction of sp³-hybridized carbons (Fsp3) is 0.852. The highest BCUT2D eigenvalue weighted by molar-refractivity contribution is 4.99. The second-order valence-corrected chi connectivity index (χ2v) is 8.99. The summed E-state index contributed by atoms with van der Waals surface area (Å²) in [5.74, 6) is 3.06. The summed E-state index contributed by atoms with van der Waals surface area (Å²) < 4.78 is 0. The Bertz CT molecular complexity index is 463. The summed E-state index contributed by atoms with van der Waals surface area (Å²) in [6, 6.07) is 0. The zero-order chi connectivity index (χ0) is 21.7. The molecule has 0 fully saturated rings. The Morgan fingerprint density at radius 3 is 1.07 bits per heavy atom. The summed E-state index contributed by atoms with van der Waals surface area (Å²) in [6.45, 7) is 8.53. The predicted octanol–water partition coefficient (Wildman–Crippen LogP) is 8.39. The van der Waals surface area contributed by atoms with Crippen LogP contribution in [0.3, 0.4) is 0 Å². The molecule has 3 nitrogen and oxygen atoms in total. The second-order valence-electron chi connectivity index (χ2n) is 8.99. The highest BCUT2D eigenvalue weighted by Gasteiger charge is 2.07. The first-order chi connectivity index (χ1) is 14.8. The number of nitrogens with zero attached hydrogens (tertiary/aromatic N) is 3. The van der Waals surface area contributed by atoms with Crippen molar-refractivity contribution >= 4 is 0 Å². The van der Waals surface area contributed by atoms with Crippen LogP contribution >= 0.6 is 0 Å². The van der Waals surface area contributed by atoms with Crippen LogP contribution in [-0.2, 0) is 19.3 Å². The van der Waals surface area contributed by atoms with Gasteiger partial charge in [0.1, 0.15) is 17.5 Å². The third-order valence-electron chi connectivity index (χ3n) is 5.93. The van der Waals surface area contributed by atoms with Crippen LogP contribution < -0.4 is 0 Å². The van der Waals surface area contributed by atoms with Crippen molar-refractivity contribution in [2.45, 2.75) is 149 Å². The molecule has 1 heterocycles. The third-order valence-corrected chi connectivity index (χ3v) is 5.93. The summed E-state index contributed by atoms with van der Waals surface area (Å²) in [5.41, 5.74) is 0. The van der Waals surface area contributed by atoms with E-state index in [1.165, 1.54) is 103 Å². The maximum atomic E-state index is 4.82. The van der Waals surface area contributed by atoms with E-state index >= 15 is 0 Å². The molecule has 0 saturated carbocycles.